The molecular weight excluding hydrogens is 289 g/mol. The molecule has 0 N–H and O–H groups in total. The molecule has 4 nitrogen and oxygen atoms in total. The van der Waals surface area contributed by atoms with Crippen molar-refractivity contribution in [3.8, 4) is 0 Å². The van der Waals surface area contributed by atoms with Crippen LogP contribution in [0.3, 0.4) is 0 Å². The van der Waals surface area contributed by atoms with Gasteiger partial charge in [0.05, 0.1) is 6.54 Å². The first-order valence-electron chi connectivity index (χ1n) is 6.76. The highest BCUT2D eigenvalue weighted by atomic mass is 32.1. The van der Waals surface area contributed by atoms with E-state index in [1.807, 2.05) is 0 Å². The van der Waals surface area contributed by atoms with Crippen molar-refractivity contribution in [2.75, 3.05) is 18.8 Å². The first kappa shape index (κ1) is 14.2. The van der Waals surface area contributed by atoms with Gasteiger partial charge in [-0.1, -0.05) is 6.42 Å². The van der Waals surface area contributed by atoms with Gasteiger partial charge in [0, 0.05) is 19.6 Å². The number of nitrogens with zero attached hydrogens (tertiary/aromatic N) is 4. The van der Waals surface area contributed by atoms with E-state index in [-0.39, 0.29) is 5.41 Å². The van der Waals surface area contributed by atoms with E-state index in [0.29, 0.717) is 25.5 Å². The summed E-state index contributed by atoms with van der Waals surface area (Å²) in [5.41, 5.74) is 0.248. The molecule has 1 aromatic heterocycles. The van der Waals surface area contributed by atoms with Crippen LogP contribution in [0.1, 0.15) is 30.9 Å². The first-order chi connectivity index (χ1) is 9.43. The Morgan fingerprint density at radius 3 is 2.50 bits per heavy atom. The molecule has 112 valence electrons. The van der Waals surface area contributed by atoms with Gasteiger partial charge in [-0.15, -0.1) is 10.2 Å². The maximum atomic E-state index is 12.7. The SMILES string of the molecule is FC(F)(F)c1nnc2n1CCN(CC1(CS)CCC1)C2. The monoisotopic (exact) mass is 306 g/mol. The lowest BCUT2D eigenvalue weighted by Crippen LogP contribution is -2.46. The van der Waals surface area contributed by atoms with Crippen molar-refractivity contribution in [1.29, 1.82) is 0 Å². The largest absolute Gasteiger partial charge is 0.451 e. The number of fused-ring (bicyclic) bond motifs is 1. The van der Waals surface area contributed by atoms with Gasteiger partial charge in [-0.05, 0) is 24.0 Å². The quantitative estimate of drug-likeness (QED) is 0.870. The zero-order valence-electron chi connectivity index (χ0n) is 11.0. The van der Waals surface area contributed by atoms with Crippen molar-refractivity contribution >= 4 is 12.6 Å². The van der Waals surface area contributed by atoms with E-state index < -0.39 is 12.0 Å². The van der Waals surface area contributed by atoms with Gasteiger partial charge in [-0.3, -0.25) is 4.90 Å². The van der Waals surface area contributed by atoms with Gasteiger partial charge < -0.3 is 4.57 Å². The highest BCUT2D eigenvalue weighted by Gasteiger charge is 2.41. The number of hydrogen-bond donors (Lipinski definition) is 1. The molecule has 20 heavy (non-hydrogen) atoms. The van der Waals surface area contributed by atoms with Gasteiger partial charge in [-0.25, -0.2) is 0 Å². The Hall–Kier alpha value is -0.760. The maximum absolute atomic E-state index is 12.7. The summed E-state index contributed by atoms with van der Waals surface area (Å²) in [5, 5.41) is 7.01. The van der Waals surface area contributed by atoms with E-state index in [1.54, 1.807) is 0 Å². The van der Waals surface area contributed by atoms with Crippen molar-refractivity contribution in [3.05, 3.63) is 11.6 Å². The molecule has 0 aromatic carbocycles. The summed E-state index contributed by atoms with van der Waals surface area (Å²) in [7, 11) is 0. The lowest BCUT2D eigenvalue weighted by molar-refractivity contribution is -0.148. The minimum absolute atomic E-state index is 0.248. The lowest BCUT2D eigenvalue weighted by Gasteiger charge is -2.45. The third-order valence-electron chi connectivity index (χ3n) is 4.39. The molecule has 2 heterocycles. The van der Waals surface area contributed by atoms with Gasteiger partial charge in [0.1, 0.15) is 5.82 Å². The molecule has 0 saturated heterocycles. The summed E-state index contributed by atoms with van der Waals surface area (Å²) in [5.74, 6) is 0.376. The molecule has 1 aromatic rings. The van der Waals surface area contributed by atoms with Crippen LogP contribution in [0, 0.1) is 5.41 Å². The number of halogens is 3. The highest BCUT2D eigenvalue weighted by Crippen LogP contribution is 2.43. The first-order valence-corrected chi connectivity index (χ1v) is 7.39. The van der Waals surface area contributed by atoms with Crippen LogP contribution in [0.5, 0.6) is 0 Å². The van der Waals surface area contributed by atoms with Gasteiger partial charge in [0.15, 0.2) is 0 Å². The third-order valence-corrected chi connectivity index (χ3v) is 5.07. The molecule has 0 bridgehead atoms. The molecule has 0 amide bonds. The fourth-order valence-corrected chi connectivity index (χ4v) is 3.49. The topological polar surface area (TPSA) is 34.0 Å². The molecule has 0 radical (unpaired) electrons. The predicted molar refractivity (Wildman–Crippen MR) is 70.4 cm³/mol. The molecule has 8 heteroatoms. The van der Waals surface area contributed by atoms with Crippen LogP contribution in [-0.2, 0) is 19.3 Å². The molecule has 0 unspecified atom stereocenters. The van der Waals surface area contributed by atoms with Crippen molar-refractivity contribution < 1.29 is 13.2 Å². The number of alkyl halides is 3. The maximum Gasteiger partial charge on any atom is 0.451 e. The van der Waals surface area contributed by atoms with Crippen molar-refractivity contribution in [1.82, 2.24) is 19.7 Å². The smallest absolute Gasteiger partial charge is 0.305 e. The Kier molecular flexibility index (Phi) is 3.48. The highest BCUT2D eigenvalue weighted by molar-refractivity contribution is 7.80. The molecule has 3 rings (SSSR count). The average molecular weight is 306 g/mol. The van der Waals surface area contributed by atoms with Crippen LogP contribution in [0.4, 0.5) is 13.2 Å². The summed E-state index contributed by atoms with van der Waals surface area (Å²) >= 11 is 4.42. The van der Waals surface area contributed by atoms with Gasteiger partial charge in [0.2, 0.25) is 5.82 Å². The van der Waals surface area contributed by atoms with Gasteiger partial charge >= 0.3 is 6.18 Å². The Balaban J connectivity index is 1.72. The van der Waals surface area contributed by atoms with Crippen LogP contribution >= 0.6 is 12.6 Å². The van der Waals surface area contributed by atoms with Crippen LogP contribution in [-0.4, -0.2) is 38.5 Å². The molecule has 2 aliphatic rings. The number of thiol groups is 1. The van der Waals surface area contributed by atoms with Crippen LogP contribution in [0.25, 0.3) is 0 Å². The zero-order valence-corrected chi connectivity index (χ0v) is 11.9. The molecule has 1 aliphatic heterocycles. The molecular formula is C12H17F3N4S. The van der Waals surface area contributed by atoms with E-state index in [0.717, 1.165) is 25.1 Å². The molecule has 0 atom stereocenters. The van der Waals surface area contributed by atoms with Crippen LogP contribution in [0.15, 0.2) is 0 Å². The normalized spacial score (nSPS) is 22.4. The van der Waals surface area contributed by atoms with E-state index in [4.69, 9.17) is 0 Å². The number of rotatable bonds is 3. The minimum atomic E-state index is -4.42. The van der Waals surface area contributed by atoms with Crippen molar-refractivity contribution in [2.24, 2.45) is 5.41 Å². The van der Waals surface area contributed by atoms with E-state index >= 15 is 0 Å². The Morgan fingerprint density at radius 2 is 1.95 bits per heavy atom. The Labute approximate surface area is 120 Å². The van der Waals surface area contributed by atoms with Crippen LogP contribution < -0.4 is 0 Å². The fourth-order valence-electron chi connectivity index (χ4n) is 3.07. The summed E-state index contributed by atoms with van der Waals surface area (Å²) < 4.78 is 39.4. The third kappa shape index (κ3) is 2.43. The average Bonchev–Trinajstić information content (AvgIpc) is 2.76. The minimum Gasteiger partial charge on any atom is -0.305 e. The Bertz CT molecular complexity index is 490. The predicted octanol–water partition coefficient (Wildman–Crippen LogP) is 2.21. The van der Waals surface area contributed by atoms with E-state index in [2.05, 4.69) is 27.7 Å². The van der Waals surface area contributed by atoms with Gasteiger partial charge in [0.25, 0.3) is 0 Å². The standard InChI is InChI=1S/C12H17F3N4S/c13-12(14,15)10-17-16-9-6-18(4-5-19(9)10)7-11(8-20)2-1-3-11/h20H,1-8H2. The molecule has 1 saturated carbocycles. The fraction of sp³-hybridized carbons (Fsp3) is 0.833. The second-order valence-corrected chi connectivity index (χ2v) is 6.13. The molecule has 1 fully saturated rings. The Morgan fingerprint density at radius 1 is 1.20 bits per heavy atom. The number of aromatic nitrogens is 3. The van der Waals surface area contributed by atoms with Gasteiger partial charge in [-0.2, -0.15) is 25.8 Å². The van der Waals surface area contributed by atoms with E-state index in [9.17, 15) is 13.2 Å². The lowest BCUT2D eigenvalue weighted by atomic mass is 9.70. The van der Waals surface area contributed by atoms with Crippen molar-refractivity contribution in [2.45, 2.75) is 38.5 Å². The molecule has 1 aliphatic carbocycles. The summed E-state index contributed by atoms with van der Waals surface area (Å²) in [4.78, 5) is 2.18. The summed E-state index contributed by atoms with van der Waals surface area (Å²) in [6, 6.07) is 0. The summed E-state index contributed by atoms with van der Waals surface area (Å²) in [6.07, 6.45) is -0.877. The molecule has 0 spiro atoms. The van der Waals surface area contributed by atoms with E-state index in [1.165, 1.54) is 11.0 Å². The number of hydrogen-bond acceptors (Lipinski definition) is 4. The zero-order chi connectivity index (χ0) is 14.4. The second-order valence-electron chi connectivity index (χ2n) is 5.81. The van der Waals surface area contributed by atoms with Crippen molar-refractivity contribution in [3.63, 3.8) is 0 Å². The van der Waals surface area contributed by atoms with Crippen LogP contribution in [0.2, 0.25) is 0 Å². The summed E-state index contributed by atoms with van der Waals surface area (Å²) in [6.45, 7) is 2.26. The second kappa shape index (κ2) is 4.91.